The number of hydrogen-bond acceptors (Lipinski definition) is 10. The summed E-state index contributed by atoms with van der Waals surface area (Å²) in [5.74, 6) is -5.94. The molecular weight excluding hydrogens is 889 g/mol. The van der Waals surface area contributed by atoms with Crippen LogP contribution in [0, 0.1) is 5.41 Å². The second-order valence-electron chi connectivity index (χ2n) is 17.4. The first-order valence-electron chi connectivity index (χ1n) is 23.2. The van der Waals surface area contributed by atoms with Crippen molar-refractivity contribution in [2.24, 2.45) is 5.73 Å². The number of carbonyl (C=O) groups is 8. The Morgan fingerprint density at radius 1 is 0.797 bits per heavy atom. The monoisotopic (exact) mass is 950 g/mol. The van der Waals surface area contributed by atoms with Gasteiger partial charge in [-0.2, -0.15) is 0 Å². The molecule has 8 amide bonds. The van der Waals surface area contributed by atoms with E-state index in [0.717, 1.165) is 23.7 Å². The van der Waals surface area contributed by atoms with Crippen molar-refractivity contribution in [2.45, 2.75) is 114 Å². The van der Waals surface area contributed by atoms with Crippen LogP contribution in [0.5, 0.6) is 0 Å². The number of likely N-dealkylation sites (tertiary alicyclic amines) is 1. The van der Waals surface area contributed by atoms with Crippen LogP contribution in [0.25, 0.3) is 10.9 Å². The number of aromatic nitrogens is 3. The summed E-state index contributed by atoms with van der Waals surface area (Å²) in [6.07, 6.45) is 5.42. The number of rotatable bonds is 12. The summed E-state index contributed by atoms with van der Waals surface area (Å²) in [6, 6.07) is 8.09. The molecule has 0 radical (unpaired) electrons. The first-order valence-corrected chi connectivity index (χ1v) is 23.2. The Morgan fingerprint density at radius 3 is 2.13 bits per heavy atom. The van der Waals surface area contributed by atoms with Gasteiger partial charge in [0.05, 0.1) is 18.4 Å². The number of nitrogens with one attached hydrogen (secondary N) is 11. The Bertz CT molecular complexity index is 2460. The number of H-pyrrole nitrogens is 2. The lowest BCUT2D eigenvalue weighted by Crippen LogP contribution is -2.60. The molecule has 7 atom stereocenters. The minimum absolute atomic E-state index is 0.0126. The zero-order valence-corrected chi connectivity index (χ0v) is 38.7. The van der Waals surface area contributed by atoms with E-state index in [1.165, 1.54) is 19.4 Å². The first kappa shape index (κ1) is 50.6. The molecule has 0 unspecified atom stereocenters. The Morgan fingerprint density at radius 2 is 1.45 bits per heavy atom. The van der Waals surface area contributed by atoms with Crippen molar-refractivity contribution in [1.29, 1.82) is 5.41 Å². The molecule has 2 aliphatic heterocycles. The Kier molecular flexibility index (Phi) is 17.8. The molecule has 0 aliphatic carbocycles. The number of fused-ring (bicyclic) bond motifs is 1. The second-order valence-corrected chi connectivity index (χ2v) is 17.4. The quantitative estimate of drug-likeness (QED) is 0.0466. The third-order valence-corrected chi connectivity index (χ3v) is 12.2. The third-order valence-electron chi connectivity index (χ3n) is 12.2. The SMILES string of the molecule is CC(=O)N[C@H]1CC(=O)NCC[C@@H](C(=O)N2CCC[C@H]2C)NC(=O)[C@H](Cc2c[nH]c3ccccc23)NC(=O)[C@H](CCCNC(=N)N)NC(=O)[C@@H](Cc2ccccc2)NC(=O)[C@H](Cc2c[nH]cn2)NC1=O. The zero-order chi connectivity index (χ0) is 49.5. The van der Waals surface area contributed by atoms with E-state index in [1.807, 2.05) is 31.2 Å². The number of hydrogen-bond donors (Lipinski definition) is 12. The van der Waals surface area contributed by atoms with Crippen LogP contribution >= 0.6 is 0 Å². The molecule has 69 heavy (non-hydrogen) atoms. The fourth-order valence-electron chi connectivity index (χ4n) is 8.56. The Hall–Kier alpha value is -7.78. The number of aromatic amines is 2. The van der Waals surface area contributed by atoms with Crippen LogP contribution < -0.4 is 48.3 Å². The van der Waals surface area contributed by atoms with Crippen LogP contribution in [0.1, 0.15) is 69.2 Å². The van der Waals surface area contributed by atoms with Gasteiger partial charge >= 0.3 is 0 Å². The smallest absolute Gasteiger partial charge is 0.245 e. The molecule has 0 saturated carbocycles. The average molecular weight is 951 g/mol. The number of guanidine groups is 1. The summed E-state index contributed by atoms with van der Waals surface area (Å²) in [4.78, 5) is 124. The highest BCUT2D eigenvalue weighted by Crippen LogP contribution is 2.21. The van der Waals surface area contributed by atoms with E-state index in [9.17, 15) is 38.4 Å². The van der Waals surface area contributed by atoms with Gasteiger partial charge in [0.1, 0.15) is 36.3 Å². The van der Waals surface area contributed by atoms with Gasteiger partial charge in [-0.25, -0.2) is 4.98 Å². The molecule has 22 heteroatoms. The van der Waals surface area contributed by atoms with E-state index in [-0.39, 0.29) is 69.5 Å². The van der Waals surface area contributed by atoms with Crippen LogP contribution in [0.15, 0.2) is 73.3 Å². The highest BCUT2D eigenvalue weighted by atomic mass is 16.2. The van der Waals surface area contributed by atoms with E-state index in [4.69, 9.17) is 11.1 Å². The molecule has 368 valence electrons. The number of nitrogens with two attached hydrogens (primary N) is 1. The van der Waals surface area contributed by atoms with E-state index in [2.05, 4.69) is 57.5 Å². The summed E-state index contributed by atoms with van der Waals surface area (Å²) < 4.78 is 0. The van der Waals surface area contributed by atoms with Gasteiger partial charge in [-0.3, -0.25) is 43.8 Å². The summed E-state index contributed by atoms with van der Waals surface area (Å²) >= 11 is 0. The van der Waals surface area contributed by atoms with Gasteiger partial charge in [0.2, 0.25) is 47.3 Å². The summed E-state index contributed by atoms with van der Waals surface area (Å²) in [5.41, 5.74) is 8.01. The molecule has 0 bridgehead atoms. The van der Waals surface area contributed by atoms with E-state index >= 15 is 0 Å². The van der Waals surface area contributed by atoms with Crippen molar-refractivity contribution in [3.8, 4) is 0 Å². The summed E-state index contributed by atoms with van der Waals surface area (Å²) in [7, 11) is 0. The van der Waals surface area contributed by atoms with Crippen LogP contribution in [-0.2, 0) is 57.6 Å². The molecule has 4 aromatic rings. The number of carbonyl (C=O) groups excluding carboxylic acids is 8. The molecule has 2 fully saturated rings. The fourth-order valence-corrected chi connectivity index (χ4v) is 8.56. The minimum atomic E-state index is -1.46. The molecule has 2 aromatic heterocycles. The maximum atomic E-state index is 14.7. The highest BCUT2D eigenvalue weighted by Gasteiger charge is 2.37. The third kappa shape index (κ3) is 14.6. The Labute approximate surface area is 398 Å². The molecular formula is C47H62N14O8. The number of imidazole rings is 1. The predicted octanol–water partition coefficient (Wildman–Crippen LogP) is -0.968. The molecule has 2 aliphatic rings. The molecule has 2 aromatic carbocycles. The number of amides is 8. The second kappa shape index (κ2) is 24.3. The van der Waals surface area contributed by atoms with Gasteiger partial charge in [-0.15, -0.1) is 0 Å². The number of nitrogens with zero attached hydrogens (tertiary/aromatic N) is 2. The standard InChI is InChI=1S/C47H62N14O8/c1-27-10-9-19-61(27)46(69)35-16-18-51-40(63)23-39(55-28(2)62)45(68)60-38(22-31-25-50-26-54-31)44(67)58-36(20-29-11-4-3-5-12-29)42(65)56-34(15-8-17-52-47(48)49)41(64)59-37(43(66)57-35)21-30-24-53-33-14-7-6-13-32(30)33/h3-7,11-14,24-27,34-39,53H,8-10,15-23H2,1-2H3,(H,50,54)(H,51,63)(H,55,62)(H,56,65)(H,57,66)(H,58,67)(H,59,64)(H,60,68)(H4,48,49,52)/t27-,34+,35+,36-,37+,38+,39+/m1/s1. The lowest BCUT2D eigenvalue weighted by molar-refractivity contribution is -0.138. The van der Waals surface area contributed by atoms with Crippen molar-refractivity contribution < 1.29 is 38.4 Å². The summed E-state index contributed by atoms with van der Waals surface area (Å²) in [6.45, 7) is 3.54. The minimum Gasteiger partial charge on any atom is -0.370 e. The van der Waals surface area contributed by atoms with Crippen molar-refractivity contribution in [3.05, 3.63) is 90.1 Å². The lowest BCUT2D eigenvalue weighted by Gasteiger charge is -2.30. The van der Waals surface area contributed by atoms with Gasteiger partial charge < -0.3 is 63.1 Å². The lowest BCUT2D eigenvalue weighted by atomic mass is 10.0. The molecule has 6 rings (SSSR count). The van der Waals surface area contributed by atoms with Crippen LogP contribution in [0.4, 0.5) is 0 Å². The topological polar surface area (TPSA) is 330 Å². The van der Waals surface area contributed by atoms with Crippen molar-refractivity contribution in [2.75, 3.05) is 19.6 Å². The molecule has 4 heterocycles. The van der Waals surface area contributed by atoms with Crippen molar-refractivity contribution >= 4 is 64.1 Å². The molecule has 2 saturated heterocycles. The average Bonchev–Trinajstić information content (AvgIpc) is 4.10. The van der Waals surface area contributed by atoms with Gasteiger partial charge in [0, 0.05) is 75.2 Å². The van der Waals surface area contributed by atoms with E-state index < -0.39 is 84.0 Å². The predicted molar refractivity (Wildman–Crippen MR) is 254 cm³/mol. The van der Waals surface area contributed by atoms with Crippen molar-refractivity contribution in [3.63, 3.8) is 0 Å². The largest absolute Gasteiger partial charge is 0.370 e. The maximum absolute atomic E-state index is 14.7. The first-order chi connectivity index (χ1) is 33.1. The van der Waals surface area contributed by atoms with Gasteiger partial charge in [0.15, 0.2) is 5.96 Å². The van der Waals surface area contributed by atoms with Crippen LogP contribution in [0.3, 0.4) is 0 Å². The normalized spacial score (nSPS) is 23.6. The molecule has 13 N–H and O–H groups in total. The summed E-state index contributed by atoms with van der Waals surface area (Å²) in [5, 5.41) is 30.2. The molecule has 22 nitrogen and oxygen atoms in total. The Balaban J connectivity index is 1.40. The van der Waals surface area contributed by atoms with Crippen LogP contribution in [0.2, 0.25) is 0 Å². The van der Waals surface area contributed by atoms with Crippen molar-refractivity contribution in [1.82, 2.24) is 62.4 Å². The maximum Gasteiger partial charge on any atom is 0.245 e. The van der Waals surface area contributed by atoms with Gasteiger partial charge in [-0.1, -0.05) is 48.5 Å². The zero-order valence-electron chi connectivity index (χ0n) is 38.7. The van der Waals surface area contributed by atoms with Crippen LogP contribution in [-0.4, -0.2) is 135 Å². The fraction of sp³-hybridized carbons (Fsp3) is 0.447. The highest BCUT2D eigenvalue weighted by molar-refractivity contribution is 5.98. The number of para-hydroxylation sites is 1. The van der Waals surface area contributed by atoms with Gasteiger partial charge in [0.25, 0.3) is 0 Å². The van der Waals surface area contributed by atoms with E-state index in [1.54, 1.807) is 41.4 Å². The molecule has 0 spiro atoms. The van der Waals surface area contributed by atoms with Gasteiger partial charge in [-0.05, 0) is 56.2 Å². The van der Waals surface area contributed by atoms with E-state index in [0.29, 0.717) is 23.4 Å². The number of benzene rings is 2.